The van der Waals surface area contributed by atoms with Gasteiger partial charge in [0.15, 0.2) is 0 Å². The molecule has 0 saturated heterocycles. The minimum atomic E-state index is -1.10. The molecule has 2 atom stereocenters. The van der Waals surface area contributed by atoms with Crippen molar-refractivity contribution >= 4 is 11.9 Å². The monoisotopic (exact) mass is 254 g/mol. The van der Waals surface area contributed by atoms with Crippen molar-refractivity contribution in [2.24, 2.45) is 5.73 Å². The zero-order valence-corrected chi connectivity index (χ0v) is 10.2. The number of hydrogen-bond donors (Lipinski definition) is 4. The molecule has 0 fully saturated rings. The van der Waals surface area contributed by atoms with Gasteiger partial charge in [-0.25, -0.2) is 9.78 Å². The number of aliphatic carboxylic acids is 1. The smallest absolute Gasteiger partial charge is 0.326 e. The lowest BCUT2D eigenvalue weighted by atomic mass is 10.1. The number of amides is 1. The second-order valence-electron chi connectivity index (χ2n) is 4.08. The third kappa shape index (κ3) is 4.17. The molecule has 0 aliphatic heterocycles. The number of H-pyrrole nitrogens is 1. The minimum Gasteiger partial charge on any atom is -0.480 e. The molecular weight excluding hydrogens is 236 g/mol. The lowest BCUT2D eigenvalue weighted by Crippen LogP contribution is -2.49. The van der Waals surface area contributed by atoms with Gasteiger partial charge in [0, 0.05) is 18.3 Å². The second-order valence-corrected chi connectivity index (χ2v) is 4.08. The Bertz CT molecular complexity index is 391. The molecule has 0 saturated carbocycles. The number of nitrogens with one attached hydrogen (secondary N) is 2. The Balaban J connectivity index is 2.58. The van der Waals surface area contributed by atoms with Gasteiger partial charge in [0.1, 0.15) is 6.04 Å². The Labute approximate surface area is 105 Å². The molecule has 1 amide bonds. The van der Waals surface area contributed by atoms with Crippen LogP contribution in [0.25, 0.3) is 0 Å². The molecule has 1 aromatic rings. The molecule has 1 unspecified atom stereocenters. The van der Waals surface area contributed by atoms with Crippen LogP contribution in [0.1, 0.15) is 25.5 Å². The summed E-state index contributed by atoms with van der Waals surface area (Å²) >= 11 is 0. The number of carboxylic acid groups (broad SMARTS) is 1. The van der Waals surface area contributed by atoms with Crippen LogP contribution in [0.3, 0.4) is 0 Å². The van der Waals surface area contributed by atoms with Crippen LogP contribution in [0.5, 0.6) is 0 Å². The predicted molar refractivity (Wildman–Crippen MR) is 64.7 cm³/mol. The Hall–Kier alpha value is -1.89. The minimum absolute atomic E-state index is 0.153. The van der Waals surface area contributed by atoms with Crippen molar-refractivity contribution in [1.29, 1.82) is 0 Å². The Kier molecular flexibility index (Phi) is 5.31. The summed E-state index contributed by atoms with van der Waals surface area (Å²) < 4.78 is 0. The Morgan fingerprint density at radius 3 is 2.83 bits per heavy atom. The largest absolute Gasteiger partial charge is 0.480 e. The summed E-state index contributed by atoms with van der Waals surface area (Å²) in [5, 5.41) is 11.5. The lowest BCUT2D eigenvalue weighted by Gasteiger charge is -2.16. The number of carbonyl (C=O) groups is 2. The van der Waals surface area contributed by atoms with E-state index in [4.69, 9.17) is 10.8 Å². The van der Waals surface area contributed by atoms with Gasteiger partial charge in [-0.05, 0) is 6.42 Å². The van der Waals surface area contributed by atoms with Gasteiger partial charge < -0.3 is 21.1 Å². The van der Waals surface area contributed by atoms with Gasteiger partial charge in [-0.3, -0.25) is 4.79 Å². The zero-order valence-electron chi connectivity index (χ0n) is 10.2. The van der Waals surface area contributed by atoms with Gasteiger partial charge in [-0.15, -0.1) is 0 Å². The molecule has 0 aliphatic carbocycles. The van der Waals surface area contributed by atoms with Crippen LogP contribution in [0, 0.1) is 0 Å². The molecule has 7 heteroatoms. The molecule has 7 nitrogen and oxygen atoms in total. The highest BCUT2D eigenvalue weighted by molar-refractivity contribution is 5.86. The first-order valence-corrected chi connectivity index (χ1v) is 5.80. The van der Waals surface area contributed by atoms with Crippen molar-refractivity contribution in [2.75, 3.05) is 0 Å². The van der Waals surface area contributed by atoms with Gasteiger partial charge in [-0.1, -0.05) is 13.3 Å². The van der Waals surface area contributed by atoms with Crippen molar-refractivity contribution in [3.8, 4) is 0 Å². The topological polar surface area (TPSA) is 121 Å². The maximum atomic E-state index is 11.7. The highest BCUT2D eigenvalue weighted by Crippen LogP contribution is 2.00. The number of carboxylic acids is 1. The van der Waals surface area contributed by atoms with Gasteiger partial charge in [0.05, 0.1) is 12.4 Å². The van der Waals surface area contributed by atoms with Crippen molar-refractivity contribution in [2.45, 2.75) is 38.3 Å². The quantitative estimate of drug-likeness (QED) is 0.530. The van der Waals surface area contributed by atoms with Crippen molar-refractivity contribution < 1.29 is 14.7 Å². The number of aromatic amines is 1. The first-order valence-electron chi connectivity index (χ1n) is 5.80. The number of hydrogen-bond acceptors (Lipinski definition) is 4. The summed E-state index contributed by atoms with van der Waals surface area (Å²) in [5.41, 5.74) is 6.27. The standard InChI is InChI=1S/C11H18N4O3/c1-2-3-8(12)10(16)15-9(11(17)18)4-7-5-13-6-14-7/h5-6,8-9H,2-4,12H2,1H3,(H,13,14)(H,15,16)(H,17,18)/t8-,9?/m0/s1. The normalized spacial score (nSPS) is 13.9. The number of carbonyl (C=O) groups excluding carboxylic acids is 1. The van der Waals surface area contributed by atoms with Gasteiger partial charge >= 0.3 is 5.97 Å². The third-order valence-electron chi connectivity index (χ3n) is 2.53. The van der Waals surface area contributed by atoms with Crippen LogP contribution in [-0.4, -0.2) is 39.0 Å². The Morgan fingerprint density at radius 1 is 1.61 bits per heavy atom. The maximum Gasteiger partial charge on any atom is 0.326 e. The number of aromatic nitrogens is 2. The molecule has 0 spiro atoms. The average Bonchev–Trinajstić information content (AvgIpc) is 2.81. The van der Waals surface area contributed by atoms with Crippen LogP contribution in [0.15, 0.2) is 12.5 Å². The summed E-state index contributed by atoms with van der Waals surface area (Å²) in [6.07, 6.45) is 4.43. The van der Waals surface area contributed by atoms with E-state index in [1.54, 1.807) is 0 Å². The summed E-state index contributed by atoms with van der Waals surface area (Å²) in [6.45, 7) is 1.91. The van der Waals surface area contributed by atoms with E-state index in [-0.39, 0.29) is 6.42 Å². The van der Waals surface area contributed by atoms with E-state index >= 15 is 0 Å². The van der Waals surface area contributed by atoms with E-state index in [1.165, 1.54) is 12.5 Å². The average molecular weight is 254 g/mol. The van der Waals surface area contributed by atoms with E-state index in [0.29, 0.717) is 12.1 Å². The number of imidazole rings is 1. The zero-order chi connectivity index (χ0) is 13.5. The molecule has 100 valence electrons. The fraction of sp³-hybridized carbons (Fsp3) is 0.545. The van der Waals surface area contributed by atoms with Crippen LogP contribution < -0.4 is 11.1 Å². The first kappa shape index (κ1) is 14.2. The summed E-state index contributed by atoms with van der Waals surface area (Å²) in [5.74, 6) is -1.54. The molecule has 1 aromatic heterocycles. The maximum absolute atomic E-state index is 11.7. The first-order chi connectivity index (χ1) is 8.54. The highest BCUT2D eigenvalue weighted by Gasteiger charge is 2.23. The predicted octanol–water partition coefficient (Wildman–Crippen LogP) is -0.351. The van der Waals surface area contributed by atoms with E-state index in [0.717, 1.165) is 6.42 Å². The second kappa shape index (κ2) is 6.75. The molecule has 0 radical (unpaired) electrons. The van der Waals surface area contributed by atoms with E-state index < -0.39 is 24.0 Å². The van der Waals surface area contributed by atoms with Crippen molar-refractivity contribution in [1.82, 2.24) is 15.3 Å². The third-order valence-corrected chi connectivity index (χ3v) is 2.53. The fourth-order valence-electron chi connectivity index (χ4n) is 1.54. The van der Waals surface area contributed by atoms with Gasteiger partial charge in [0.25, 0.3) is 0 Å². The molecule has 5 N–H and O–H groups in total. The van der Waals surface area contributed by atoms with E-state index in [2.05, 4.69) is 15.3 Å². The highest BCUT2D eigenvalue weighted by atomic mass is 16.4. The van der Waals surface area contributed by atoms with Crippen LogP contribution in [0.4, 0.5) is 0 Å². The van der Waals surface area contributed by atoms with Gasteiger partial charge in [0.2, 0.25) is 5.91 Å². The van der Waals surface area contributed by atoms with Crippen molar-refractivity contribution in [3.05, 3.63) is 18.2 Å². The number of nitrogens with two attached hydrogens (primary N) is 1. The van der Waals surface area contributed by atoms with E-state index in [1.807, 2.05) is 6.92 Å². The van der Waals surface area contributed by atoms with E-state index in [9.17, 15) is 9.59 Å². The van der Waals surface area contributed by atoms with Crippen LogP contribution in [0.2, 0.25) is 0 Å². The number of rotatable bonds is 7. The van der Waals surface area contributed by atoms with Crippen LogP contribution >= 0.6 is 0 Å². The fourth-order valence-corrected chi connectivity index (χ4v) is 1.54. The molecule has 1 heterocycles. The van der Waals surface area contributed by atoms with Crippen LogP contribution in [-0.2, 0) is 16.0 Å². The molecule has 1 rings (SSSR count). The summed E-state index contributed by atoms with van der Waals surface area (Å²) in [6, 6.07) is -1.67. The molecule has 18 heavy (non-hydrogen) atoms. The molecule has 0 bridgehead atoms. The SMILES string of the molecule is CCC[C@H](N)C(=O)NC(Cc1cnc[nH]1)C(=O)O. The number of nitrogens with zero attached hydrogens (tertiary/aromatic N) is 1. The molecule has 0 aromatic carbocycles. The lowest BCUT2D eigenvalue weighted by molar-refractivity contribution is -0.142. The summed E-state index contributed by atoms with van der Waals surface area (Å²) in [4.78, 5) is 29.3. The Morgan fingerprint density at radius 2 is 2.33 bits per heavy atom. The molecular formula is C11H18N4O3. The van der Waals surface area contributed by atoms with Crippen molar-refractivity contribution in [3.63, 3.8) is 0 Å². The summed E-state index contributed by atoms with van der Waals surface area (Å²) in [7, 11) is 0. The van der Waals surface area contributed by atoms with Gasteiger partial charge in [-0.2, -0.15) is 0 Å². The molecule has 0 aliphatic rings.